The molecular weight excluding hydrogens is 294 g/mol. The third kappa shape index (κ3) is 3.08. The smallest absolute Gasteiger partial charge is 0.237 e. The molecule has 1 heterocycles. The lowest BCUT2D eigenvalue weighted by Gasteiger charge is -2.18. The predicted molar refractivity (Wildman–Crippen MR) is 87.7 cm³/mol. The average molecular weight is 309 g/mol. The molecule has 0 atom stereocenters. The lowest BCUT2D eigenvalue weighted by Crippen LogP contribution is -2.03. The molecule has 0 aliphatic heterocycles. The number of anilines is 1. The fraction of sp³-hybridized carbons (Fsp3) is 0.375. The first-order valence-electron chi connectivity index (χ1n) is 7.34. The minimum Gasteiger partial charge on any atom is -0.276 e. The molecule has 1 aromatic heterocycles. The first-order valence-corrected chi connectivity index (χ1v) is 8.16. The van der Waals surface area contributed by atoms with Crippen molar-refractivity contribution in [3.05, 3.63) is 23.2 Å². The second-order valence-corrected chi connectivity index (χ2v) is 6.43. The number of hydrogen-bond acceptors (Lipinski definition) is 6. The van der Waals surface area contributed by atoms with E-state index in [-0.39, 0.29) is 5.71 Å². The van der Waals surface area contributed by atoms with Gasteiger partial charge in [0.15, 0.2) is 0 Å². The maximum Gasteiger partial charge on any atom is 0.237 e. The SMILES string of the molecule is N#CC(C#N)=NNc1ccc2nc(C3CCCCC3)sc2c1. The maximum atomic E-state index is 8.67. The highest BCUT2D eigenvalue weighted by Crippen LogP contribution is 2.37. The van der Waals surface area contributed by atoms with Crippen molar-refractivity contribution in [2.45, 2.75) is 38.0 Å². The van der Waals surface area contributed by atoms with Crippen molar-refractivity contribution in [1.82, 2.24) is 4.98 Å². The van der Waals surface area contributed by atoms with Crippen LogP contribution in [0, 0.1) is 22.7 Å². The quantitative estimate of drug-likeness (QED) is 0.681. The summed E-state index contributed by atoms with van der Waals surface area (Å²) in [6.45, 7) is 0. The van der Waals surface area contributed by atoms with Crippen LogP contribution >= 0.6 is 11.3 Å². The molecule has 0 amide bonds. The molecule has 22 heavy (non-hydrogen) atoms. The van der Waals surface area contributed by atoms with Crippen molar-refractivity contribution in [2.24, 2.45) is 5.10 Å². The molecule has 1 N–H and O–H groups in total. The molecule has 1 aromatic carbocycles. The number of hydrazone groups is 1. The Hall–Kier alpha value is -2.44. The zero-order valence-corrected chi connectivity index (χ0v) is 12.9. The summed E-state index contributed by atoms with van der Waals surface area (Å²) in [5.41, 5.74) is 4.32. The van der Waals surface area contributed by atoms with Gasteiger partial charge in [0.1, 0.15) is 12.1 Å². The molecule has 1 fully saturated rings. The van der Waals surface area contributed by atoms with E-state index in [9.17, 15) is 0 Å². The third-order valence-electron chi connectivity index (χ3n) is 3.87. The summed E-state index contributed by atoms with van der Waals surface area (Å²) in [4.78, 5) is 4.76. The number of aromatic nitrogens is 1. The van der Waals surface area contributed by atoms with E-state index in [2.05, 4.69) is 10.5 Å². The van der Waals surface area contributed by atoms with Crippen molar-refractivity contribution in [2.75, 3.05) is 5.43 Å². The molecule has 0 saturated heterocycles. The number of benzene rings is 1. The first-order chi connectivity index (χ1) is 10.8. The summed E-state index contributed by atoms with van der Waals surface area (Å²) in [6.07, 6.45) is 6.42. The topological polar surface area (TPSA) is 84.9 Å². The van der Waals surface area contributed by atoms with Gasteiger partial charge in [-0.1, -0.05) is 19.3 Å². The van der Waals surface area contributed by atoms with Crippen LogP contribution in [0.4, 0.5) is 5.69 Å². The molecule has 6 heteroatoms. The van der Waals surface area contributed by atoms with Gasteiger partial charge in [-0.15, -0.1) is 11.3 Å². The summed E-state index contributed by atoms with van der Waals surface area (Å²) < 4.78 is 1.11. The molecule has 110 valence electrons. The molecular formula is C16H15N5S. The first kappa shape index (κ1) is 14.5. The summed E-state index contributed by atoms with van der Waals surface area (Å²) in [5.74, 6) is 0.601. The maximum absolute atomic E-state index is 8.67. The second kappa shape index (κ2) is 6.55. The van der Waals surface area contributed by atoms with Crippen LogP contribution in [-0.4, -0.2) is 10.7 Å². The molecule has 0 unspecified atom stereocenters. The van der Waals surface area contributed by atoms with Gasteiger partial charge >= 0.3 is 0 Å². The molecule has 1 aliphatic rings. The molecule has 2 aromatic rings. The van der Waals surface area contributed by atoms with Crippen LogP contribution in [0.25, 0.3) is 10.2 Å². The van der Waals surface area contributed by atoms with E-state index in [1.54, 1.807) is 23.5 Å². The van der Waals surface area contributed by atoms with Gasteiger partial charge in [-0.3, -0.25) is 5.43 Å². The highest BCUT2D eigenvalue weighted by Gasteiger charge is 2.19. The number of fused-ring (bicyclic) bond motifs is 1. The zero-order chi connectivity index (χ0) is 15.4. The van der Waals surface area contributed by atoms with Gasteiger partial charge < -0.3 is 0 Å². The van der Waals surface area contributed by atoms with E-state index in [0.29, 0.717) is 5.92 Å². The van der Waals surface area contributed by atoms with Crippen molar-refractivity contribution in [3.8, 4) is 12.1 Å². The Balaban J connectivity index is 1.83. The van der Waals surface area contributed by atoms with Crippen LogP contribution < -0.4 is 5.43 Å². The number of rotatable bonds is 3. The van der Waals surface area contributed by atoms with Gasteiger partial charge in [0.05, 0.1) is 20.9 Å². The Kier molecular flexibility index (Phi) is 4.32. The van der Waals surface area contributed by atoms with Crippen LogP contribution in [0.15, 0.2) is 23.3 Å². The van der Waals surface area contributed by atoms with Gasteiger partial charge in [-0.05, 0) is 31.0 Å². The monoisotopic (exact) mass is 309 g/mol. The van der Waals surface area contributed by atoms with E-state index in [0.717, 1.165) is 15.9 Å². The highest BCUT2D eigenvalue weighted by atomic mass is 32.1. The van der Waals surface area contributed by atoms with E-state index < -0.39 is 0 Å². The van der Waals surface area contributed by atoms with Gasteiger partial charge in [0.25, 0.3) is 0 Å². The lowest BCUT2D eigenvalue weighted by atomic mass is 9.90. The number of hydrogen-bond donors (Lipinski definition) is 1. The van der Waals surface area contributed by atoms with Crippen LogP contribution in [0.3, 0.4) is 0 Å². The zero-order valence-electron chi connectivity index (χ0n) is 12.0. The van der Waals surface area contributed by atoms with Crippen LogP contribution in [0.5, 0.6) is 0 Å². The Morgan fingerprint density at radius 1 is 1.23 bits per heavy atom. The van der Waals surface area contributed by atoms with Crippen molar-refractivity contribution in [1.29, 1.82) is 10.5 Å². The van der Waals surface area contributed by atoms with Crippen LogP contribution in [-0.2, 0) is 0 Å². The Morgan fingerprint density at radius 3 is 2.73 bits per heavy atom. The molecule has 0 bridgehead atoms. The van der Waals surface area contributed by atoms with Crippen molar-refractivity contribution < 1.29 is 0 Å². The lowest BCUT2D eigenvalue weighted by molar-refractivity contribution is 0.443. The van der Waals surface area contributed by atoms with Gasteiger partial charge in [-0.2, -0.15) is 15.6 Å². The summed E-state index contributed by atoms with van der Waals surface area (Å²) >= 11 is 1.73. The minimum atomic E-state index is -0.188. The van der Waals surface area contributed by atoms with Crippen LogP contribution in [0.1, 0.15) is 43.0 Å². The Morgan fingerprint density at radius 2 is 2.00 bits per heavy atom. The standard InChI is InChI=1S/C16H15N5S/c17-9-13(10-18)21-20-12-6-7-14-15(8-12)22-16(19-14)11-4-2-1-3-5-11/h6-8,11,20H,1-5H2. The third-order valence-corrected chi connectivity index (χ3v) is 5.05. The highest BCUT2D eigenvalue weighted by molar-refractivity contribution is 7.18. The Bertz CT molecular complexity index is 771. The van der Waals surface area contributed by atoms with E-state index in [1.807, 2.05) is 18.2 Å². The molecule has 1 aliphatic carbocycles. The molecule has 5 nitrogen and oxygen atoms in total. The molecule has 1 saturated carbocycles. The van der Waals surface area contributed by atoms with E-state index in [1.165, 1.54) is 37.1 Å². The fourth-order valence-electron chi connectivity index (χ4n) is 2.73. The summed E-state index contributed by atoms with van der Waals surface area (Å²) in [5, 5.41) is 22.3. The predicted octanol–water partition coefficient (Wildman–Crippen LogP) is 4.16. The largest absolute Gasteiger partial charge is 0.276 e. The van der Waals surface area contributed by atoms with Crippen molar-refractivity contribution >= 4 is 33.0 Å². The van der Waals surface area contributed by atoms with Gasteiger partial charge in [-0.25, -0.2) is 4.98 Å². The molecule has 0 radical (unpaired) electrons. The Labute approximate surface area is 132 Å². The van der Waals surface area contributed by atoms with Crippen LogP contribution in [0.2, 0.25) is 0 Å². The number of nitrogens with zero attached hydrogens (tertiary/aromatic N) is 4. The average Bonchev–Trinajstić information content (AvgIpc) is 3.00. The minimum absolute atomic E-state index is 0.188. The number of nitrogens with one attached hydrogen (secondary N) is 1. The number of thiazole rings is 1. The van der Waals surface area contributed by atoms with E-state index >= 15 is 0 Å². The van der Waals surface area contributed by atoms with Crippen molar-refractivity contribution in [3.63, 3.8) is 0 Å². The van der Waals surface area contributed by atoms with Gasteiger partial charge in [0.2, 0.25) is 5.71 Å². The fourth-order valence-corrected chi connectivity index (χ4v) is 3.91. The number of nitriles is 2. The summed E-state index contributed by atoms with van der Waals surface area (Å²) in [6, 6.07) is 9.23. The molecule has 0 spiro atoms. The molecule has 3 rings (SSSR count). The van der Waals surface area contributed by atoms with E-state index in [4.69, 9.17) is 15.5 Å². The van der Waals surface area contributed by atoms with Gasteiger partial charge in [0, 0.05) is 5.92 Å². The summed E-state index contributed by atoms with van der Waals surface area (Å²) in [7, 11) is 0. The second-order valence-electron chi connectivity index (χ2n) is 5.37. The normalized spacial score (nSPS) is 15.0.